The van der Waals surface area contributed by atoms with Crippen molar-refractivity contribution < 1.29 is 23.8 Å². The minimum Gasteiger partial charge on any atom is -0.389 e. The molecular formula is C18H25ClN5O5P. The number of allylic oxidation sites excluding steroid dienone is 1. The highest BCUT2D eigenvalue weighted by molar-refractivity contribution is 7.53. The summed E-state index contributed by atoms with van der Waals surface area (Å²) in [5, 5.41) is 21.9. The number of anilines is 1. The third-order valence-corrected chi connectivity index (χ3v) is 8.28. The van der Waals surface area contributed by atoms with E-state index in [4.69, 9.17) is 26.4 Å². The van der Waals surface area contributed by atoms with E-state index >= 15 is 0 Å². The van der Waals surface area contributed by atoms with Crippen molar-refractivity contribution >= 4 is 36.2 Å². The first-order valence-corrected chi connectivity index (χ1v) is 12.0. The molecule has 10 nitrogen and oxygen atoms in total. The molecule has 1 fully saturated rings. The van der Waals surface area contributed by atoms with Crippen molar-refractivity contribution in [2.45, 2.75) is 38.5 Å². The molecule has 0 saturated heterocycles. The Labute approximate surface area is 178 Å². The fourth-order valence-corrected chi connectivity index (χ4v) is 6.61. The van der Waals surface area contributed by atoms with E-state index in [1.165, 1.54) is 6.33 Å². The number of imidazole rings is 1. The highest BCUT2D eigenvalue weighted by Crippen LogP contribution is 2.61. The van der Waals surface area contributed by atoms with Crippen molar-refractivity contribution in [1.29, 1.82) is 0 Å². The van der Waals surface area contributed by atoms with E-state index in [-0.39, 0.29) is 36.4 Å². The number of halogens is 1. The summed E-state index contributed by atoms with van der Waals surface area (Å²) in [6.45, 7) is 4.03. The lowest BCUT2D eigenvalue weighted by atomic mass is 9.65. The number of nitrogens with two attached hydrogens (primary N) is 1. The van der Waals surface area contributed by atoms with Gasteiger partial charge >= 0.3 is 7.60 Å². The minimum atomic E-state index is -3.29. The maximum absolute atomic E-state index is 12.9. The number of hydrogen-bond acceptors (Lipinski definition) is 9. The molecule has 0 bridgehead atoms. The average molecular weight is 458 g/mol. The highest BCUT2D eigenvalue weighted by atomic mass is 35.5. The Balaban J connectivity index is 1.65. The van der Waals surface area contributed by atoms with E-state index in [1.54, 1.807) is 18.4 Å². The molecule has 0 aliphatic heterocycles. The molecule has 0 amide bonds. The lowest BCUT2D eigenvalue weighted by molar-refractivity contribution is -0.0179. The Morgan fingerprint density at radius 3 is 2.60 bits per heavy atom. The van der Waals surface area contributed by atoms with Gasteiger partial charge in [0, 0.05) is 11.3 Å². The molecule has 5 atom stereocenters. The average Bonchev–Trinajstić information content (AvgIpc) is 3.13. The molecule has 164 valence electrons. The van der Waals surface area contributed by atoms with Crippen molar-refractivity contribution in [3.05, 3.63) is 23.8 Å². The number of fused-ring (bicyclic) bond motifs is 2. The van der Waals surface area contributed by atoms with E-state index in [0.29, 0.717) is 17.6 Å². The first-order chi connectivity index (χ1) is 14.3. The van der Waals surface area contributed by atoms with Gasteiger partial charge in [0.15, 0.2) is 11.5 Å². The summed E-state index contributed by atoms with van der Waals surface area (Å²) < 4.78 is 25.4. The first-order valence-electron chi connectivity index (χ1n) is 9.85. The number of nitrogen functional groups attached to an aromatic ring is 1. The monoisotopic (exact) mass is 457 g/mol. The summed E-state index contributed by atoms with van der Waals surface area (Å²) >= 11 is 5.96. The molecule has 4 rings (SSSR count). The SMILES string of the molecule is CCOP(=O)(CC[C@]12C=C[C@@H]1[C@@H](n1cnc3c(N)nc(Cl)nc31)[C@H](O)[C@@H]2O)OCC. The van der Waals surface area contributed by atoms with Crippen LogP contribution in [-0.2, 0) is 13.6 Å². The van der Waals surface area contributed by atoms with Gasteiger partial charge in [-0.25, -0.2) is 4.98 Å². The van der Waals surface area contributed by atoms with Crippen LogP contribution in [0.15, 0.2) is 18.5 Å². The van der Waals surface area contributed by atoms with Crippen LogP contribution in [0, 0.1) is 11.3 Å². The molecule has 1 saturated carbocycles. The van der Waals surface area contributed by atoms with Crippen LogP contribution in [0.5, 0.6) is 0 Å². The molecule has 0 spiro atoms. The summed E-state index contributed by atoms with van der Waals surface area (Å²) in [5.41, 5.74) is 5.89. The Kier molecular flexibility index (Phi) is 5.67. The van der Waals surface area contributed by atoms with Gasteiger partial charge in [-0.05, 0) is 31.9 Å². The maximum atomic E-state index is 12.9. The van der Waals surface area contributed by atoms with Crippen LogP contribution in [0.4, 0.5) is 5.82 Å². The van der Waals surface area contributed by atoms with Gasteiger partial charge in [-0.15, -0.1) is 0 Å². The van der Waals surface area contributed by atoms with Crippen molar-refractivity contribution in [3.8, 4) is 0 Å². The number of rotatable bonds is 8. The second kappa shape index (κ2) is 7.85. The van der Waals surface area contributed by atoms with Crippen molar-refractivity contribution in [2.75, 3.05) is 25.1 Å². The number of aliphatic hydroxyl groups is 2. The molecule has 2 aliphatic carbocycles. The minimum absolute atomic E-state index is 0.0282. The molecule has 0 unspecified atom stereocenters. The summed E-state index contributed by atoms with van der Waals surface area (Å²) in [5.74, 6) is -0.0897. The molecule has 0 radical (unpaired) electrons. The normalized spacial score (nSPS) is 30.6. The van der Waals surface area contributed by atoms with Gasteiger partial charge in [-0.1, -0.05) is 12.2 Å². The molecule has 2 heterocycles. The fourth-order valence-electron chi connectivity index (χ4n) is 4.65. The fraction of sp³-hybridized carbons (Fsp3) is 0.611. The van der Waals surface area contributed by atoms with E-state index in [2.05, 4.69) is 15.0 Å². The third-order valence-electron chi connectivity index (χ3n) is 6.04. The van der Waals surface area contributed by atoms with Crippen molar-refractivity contribution in [1.82, 2.24) is 19.5 Å². The Bertz CT molecular complexity index is 1020. The number of aliphatic hydroxyl groups excluding tert-OH is 2. The zero-order chi connectivity index (χ0) is 21.7. The quantitative estimate of drug-likeness (QED) is 0.308. The van der Waals surface area contributed by atoms with Crippen LogP contribution < -0.4 is 5.73 Å². The van der Waals surface area contributed by atoms with Crippen LogP contribution in [0.3, 0.4) is 0 Å². The lowest BCUT2D eigenvalue weighted by Crippen LogP contribution is -2.42. The third kappa shape index (κ3) is 3.26. The molecule has 12 heteroatoms. The van der Waals surface area contributed by atoms with Gasteiger partial charge in [0.05, 0.1) is 37.8 Å². The van der Waals surface area contributed by atoms with Crippen LogP contribution in [0.2, 0.25) is 5.28 Å². The molecular weight excluding hydrogens is 433 g/mol. The van der Waals surface area contributed by atoms with Crippen LogP contribution in [0.1, 0.15) is 26.3 Å². The molecule has 2 aromatic heterocycles. The summed E-state index contributed by atoms with van der Waals surface area (Å²) in [7, 11) is -3.29. The zero-order valence-corrected chi connectivity index (χ0v) is 18.3. The van der Waals surface area contributed by atoms with E-state index in [0.717, 1.165) is 0 Å². The molecule has 2 aliphatic rings. The van der Waals surface area contributed by atoms with Crippen molar-refractivity contribution in [2.24, 2.45) is 11.3 Å². The van der Waals surface area contributed by atoms with Gasteiger partial charge in [0.25, 0.3) is 0 Å². The molecule has 0 aromatic carbocycles. The van der Waals surface area contributed by atoms with Crippen LogP contribution >= 0.6 is 19.2 Å². The van der Waals surface area contributed by atoms with Crippen LogP contribution in [-0.4, -0.2) is 61.3 Å². The highest BCUT2D eigenvalue weighted by Gasteiger charge is 2.62. The number of hydrogen-bond donors (Lipinski definition) is 3. The summed E-state index contributed by atoms with van der Waals surface area (Å²) in [6, 6.07) is -0.543. The standard InChI is InChI=1S/C18H25ClN5O5P/c1-3-28-30(27,29-4-2)8-7-18-6-5-10(18)12(13(25)14(18)26)24-9-21-11-15(20)22-17(19)23-16(11)24/h5-6,9-10,12-14,25-26H,3-4,7-8H2,1-2H3,(H2,20,22,23)/t10-,12-,13+,14+,18-/m1/s1. The second-order valence-electron chi connectivity index (χ2n) is 7.55. The van der Waals surface area contributed by atoms with Crippen molar-refractivity contribution in [3.63, 3.8) is 0 Å². The summed E-state index contributed by atoms with van der Waals surface area (Å²) in [6.07, 6.45) is 3.61. The Hall–Kier alpha value is -1.55. The largest absolute Gasteiger partial charge is 0.389 e. The topological polar surface area (TPSA) is 146 Å². The van der Waals surface area contributed by atoms with Gasteiger partial charge in [0.1, 0.15) is 11.6 Å². The molecule has 2 aromatic rings. The molecule has 4 N–H and O–H groups in total. The second-order valence-corrected chi connectivity index (χ2v) is 10.1. The summed E-state index contributed by atoms with van der Waals surface area (Å²) in [4.78, 5) is 12.4. The van der Waals surface area contributed by atoms with E-state index < -0.39 is 31.3 Å². The Morgan fingerprint density at radius 1 is 1.30 bits per heavy atom. The maximum Gasteiger partial charge on any atom is 0.330 e. The van der Waals surface area contributed by atoms with E-state index in [1.807, 2.05) is 12.2 Å². The zero-order valence-electron chi connectivity index (χ0n) is 16.7. The number of aromatic nitrogens is 4. The predicted octanol–water partition coefficient (Wildman–Crippen LogP) is 2.17. The van der Waals surface area contributed by atoms with E-state index in [9.17, 15) is 14.8 Å². The van der Waals surface area contributed by atoms with Gasteiger partial charge < -0.3 is 29.6 Å². The predicted molar refractivity (Wildman–Crippen MR) is 111 cm³/mol. The first kappa shape index (κ1) is 21.7. The lowest BCUT2D eigenvalue weighted by Gasteiger charge is -2.42. The Morgan fingerprint density at radius 2 is 2.00 bits per heavy atom. The van der Waals surface area contributed by atoms with Gasteiger partial charge in [-0.3, -0.25) is 4.57 Å². The van der Waals surface area contributed by atoms with Gasteiger partial charge in [0.2, 0.25) is 5.28 Å². The number of nitrogens with zero attached hydrogens (tertiary/aromatic N) is 4. The molecule has 30 heavy (non-hydrogen) atoms. The smallest absolute Gasteiger partial charge is 0.330 e. The van der Waals surface area contributed by atoms with Gasteiger partial charge in [-0.2, -0.15) is 9.97 Å². The van der Waals surface area contributed by atoms with Crippen LogP contribution in [0.25, 0.3) is 11.2 Å².